The summed E-state index contributed by atoms with van der Waals surface area (Å²) in [5, 5.41) is 21.2. The zero-order chi connectivity index (χ0) is 51.1. The normalized spacial score (nSPS) is 14.4. The molecule has 2 aliphatic rings. The number of carbonyl (C=O) groups excluding carboxylic acids is 2. The van der Waals surface area contributed by atoms with Crippen LogP contribution in [-0.2, 0) is 47.6 Å². The molecule has 0 atom stereocenters. The molecule has 4 aromatic carbocycles. The lowest BCUT2D eigenvalue weighted by Gasteiger charge is -2.43. The topological polar surface area (TPSA) is 190 Å². The van der Waals surface area contributed by atoms with E-state index in [1.54, 1.807) is 29.4 Å². The molecule has 0 spiro atoms. The molecule has 0 fully saturated rings. The second-order valence-corrected chi connectivity index (χ2v) is 19.7. The van der Waals surface area contributed by atoms with E-state index in [1.165, 1.54) is 27.8 Å². The number of fused-ring (bicyclic) bond motifs is 4. The molecule has 16 heteroatoms. The van der Waals surface area contributed by atoms with Gasteiger partial charge in [0.25, 0.3) is 0 Å². The van der Waals surface area contributed by atoms with Crippen molar-refractivity contribution < 1.29 is 9.59 Å². The Morgan fingerprint density at radius 3 is 1.54 bits per heavy atom. The van der Waals surface area contributed by atoms with Gasteiger partial charge >= 0.3 is 0 Å². The van der Waals surface area contributed by atoms with Gasteiger partial charge in [-0.1, -0.05) is 48.5 Å². The van der Waals surface area contributed by atoms with Crippen molar-refractivity contribution in [2.75, 3.05) is 34.8 Å². The first-order valence-corrected chi connectivity index (χ1v) is 24.0. The molecule has 0 bridgehead atoms. The van der Waals surface area contributed by atoms with Crippen molar-refractivity contribution in [2.45, 2.75) is 100 Å². The van der Waals surface area contributed by atoms with E-state index in [9.17, 15) is 9.59 Å². The first-order valence-electron chi connectivity index (χ1n) is 24.0. The van der Waals surface area contributed by atoms with Crippen molar-refractivity contribution >= 4 is 74.2 Å². The molecule has 4 aromatic heterocycles. The average Bonchev–Trinajstić information content (AvgIpc) is 3.79. The van der Waals surface area contributed by atoms with Crippen molar-refractivity contribution in [2.24, 2.45) is 14.1 Å². The zero-order valence-electron chi connectivity index (χ0n) is 43.3. The predicted octanol–water partition coefficient (Wildman–Crippen LogP) is 10.0. The number of anilines is 7. The lowest BCUT2D eigenvalue weighted by atomic mass is 9.83. The SMILES string of the molecule is CC(=O)N1CCc2ccc(N)cc2C1(C)C.CC(=O)N1CCc2ccc(Nc3ncc4c(Nc5c(C)cccc5C)nn(C)c4n3)cc2C1(C)C.Cc1ncc2c(Nc3c(C)cccc3C)nn(C)c2n1. The molecule has 0 saturated heterocycles. The summed E-state index contributed by atoms with van der Waals surface area (Å²) < 4.78 is 3.54. The second kappa shape index (κ2) is 19.5. The third kappa shape index (κ3) is 9.96. The molecule has 0 saturated carbocycles. The highest BCUT2D eigenvalue weighted by Gasteiger charge is 2.37. The van der Waals surface area contributed by atoms with E-state index in [0.717, 1.165) is 105 Å². The number of benzene rings is 4. The number of hydrogen-bond donors (Lipinski definition) is 4. The van der Waals surface area contributed by atoms with E-state index < -0.39 is 0 Å². The van der Waals surface area contributed by atoms with Gasteiger partial charge in [0.2, 0.25) is 17.8 Å². The van der Waals surface area contributed by atoms with Crippen LogP contribution in [0.25, 0.3) is 22.1 Å². The number of para-hydroxylation sites is 2. The Balaban J connectivity index is 0.000000158. The largest absolute Gasteiger partial charge is 0.399 e. The number of nitrogen functional groups attached to an aromatic ring is 1. The number of carbonyl (C=O) groups is 2. The highest BCUT2D eigenvalue weighted by Crippen LogP contribution is 2.38. The van der Waals surface area contributed by atoms with Crippen LogP contribution in [-0.4, -0.2) is 74.2 Å². The highest BCUT2D eigenvalue weighted by molar-refractivity contribution is 5.91. The van der Waals surface area contributed by atoms with Crippen LogP contribution in [0.1, 0.15) is 91.9 Å². The number of hydrogen-bond acceptors (Lipinski definition) is 12. The summed E-state index contributed by atoms with van der Waals surface area (Å²) in [6, 6.07) is 24.7. The van der Waals surface area contributed by atoms with Crippen LogP contribution >= 0.6 is 0 Å². The van der Waals surface area contributed by atoms with Crippen molar-refractivity contribution in [3.63, 3.8) is 0 Å². The van der Waals surface area contributed by atoms with Gasteiger partial charge in [0.15, 0.2) is 22.9 Å². The summed E-state index contributed by atoms with van der Waals surface area (Å²) in [5.74, 6) is 2.98. The number of rotatable bonds is 6. The maximum atomic E-state index is 12.2. The summed E-state index contributed by atoms with van der Waals surface area (Å²) in [6.07, 6.45) is 5.39. The van der Waals surface area contributed by atoms with Crippen LogP contribution in [0.15, 0.2) is 85.2 Å². The van der Waals surface area contributed by atoms with Crippen LogP contribution in [0.4, 0.5) is 40.3 Å². The summed E-state index contributed by atoms with van der Waals surface area (Å²) in [4.78, 5) is 45.6. The molecule has 2 amide bonds. The molecule has 368 valence electrons. The van der Waals surface area contributed by atoms with Gasteiger partial charge < -0.3 is 31.5 Å². The molecule has 0 radical (unpaired) electrons. The van der Waals surface area contributed by atoms with E-state index >= 15 is 0 Å². The fourth-order valence-corrected chi connectivity index (χ4v) is 10.0. The molecule has 6 heterocycles. The Hall–Kier alpha value is -7.88. The summed E-state index contributed by atoms with van der Waals surface area (Å²) in [6.45, 7) is 23.3. The van der Waals surface area contributed by atoms with Gasteiger partial charge in [0.05, 0.1) is 21.9 Å². The van der Waals surface area contributed by atoms with Crippen LogP contribution < -0.4 is 21.7 Å². The highest BCUT2D eigenvalue weighted by atomic mass is 16.2. The summed E-state index contributed by atoms with van der Waals surface area (Å²) in [7, 11) is 3.78. The number of nitrogens with one attached hydrogen (secondary N) is 3. The first-order chi connectivity index (χ1) is 33.6. The van der Waals surface area contributed by atoms with Crippen molar-refractivity contribution in [1.82, 2.24) is 49.3 Å². The Labute approximate surface area is 416 Å². The molecule has 10 rings (SSSR count). The minimum atomic E-state index is -0.377. The number of nitrogens with zero attached hydrogens (tertiary/aromatic N) is 10. The quantitative estimate of drug-likeness (QED) is 0.116. The third-order valence-electron chi connectivity index (χ3n) is 13.9. The van der Waals surface area contributed by atoms with Gasteiger partial charge in [0, 0.05) is 76.2 Å². The van der Waals surface area contributed by atoms with Gasteiger partial charge in [-0.25, -0.2) is 24.3 Å². The maximum Gasteiger partial charge on any atom is 0.229 e. The maximum absolute atomic E-state index is 12.2. The van der Waals surface area contributed by atoms with E-state index in [0.29, 0.717) is 5.95 Å². The van der Waals surface area contributed by atoms with Crippen LogP contribution in [0.2, 0.25) is 0 Å². The summed E-state index contributed by atoms with van der Waals surface area (Å²) >= 11 is 0. The number of aromatic nitrogens is 8. The molecule has 0 unspecified atom stereocenters. The van der Waals surface area contributed by atoms with E-state index in [1.807, 2.05) is 61.3 Å². The number of nitrogens with two attached hydrogens (primary N) is 1. The predicted molar refractivity (Wildman–Crippen MR) is 285 cm³/mol. The first kappa shape index (κ1) is 49.5. The van der Waals surface area contributed by atoms with Crippen molar-refractivity contribution in [3.05, 3.63) is 136 Å². The Kier molecular flexibility index (Phi) is 13.6. The zero-order valence-corrected chi connectivity index (χ0v) is 43.3. The third-order valence-corrected chi connectivity index (χ3v) is 13.9. The fraction of sp³-hybridized carbons (Fsp3) is 0.345. The van der Waals surface area contributed by atoms with Crippen LogP contribution in [0.3, 0.4) is 0 Å². The standard InChI is InChI=1S/C27H31N7O.C15H17N5.C13H18N2O/c1-16-8-7-9-17(2)23(16)30-24-21-15-28-26(31-25(21)33(6)32-24)29-20-11-10-19-12-13-34(18(3)35)27(4,5)22(19)14-20;1-9-6-5-7-10(2)13(9)18-14-12-8-16-11(3)17-15(12)20(4)19-14;1-9(16)15-7-6-10-4-5-11(14)8-12(10)13(15,2)3/h7-11,14-15H,12-13H2,1-6H3,(H,30,32)(H,28,29,31);5-8H,1-4H3,(H,18,19);4-5,8H,6-7,14H2,1-3H3. The molecule has 16 nitrogen and oxygen atoms in total. The Bertz CT molecular complexity index is 3290. The molecule has 5 N–H and O–H groups in total. The molecular weight excluding hydrogens is 889 g/mol. The van der Waals surface area contributed by atoms with Gasteiger partial charge in [-0.3, -0.25) is 9.59 Å². The van der Waals surface area contributed by atoms with E-state index in [4.69, 9.17) is 10.7 Å². The Morgan fingerprint density at radius 1 is 0.592 bits per heavy atom. The molecular formula is C55H66N14O2. The van der Waals surface area contributed by atoms with E-state index in [2.05, 4.69) is 145 Å². The lowest BCUT2D eigenvalue weighted by molar-refractivity contribution is -0.136. The fourth-order valence-electron chi connectivity index (χ4n) is 10.0. The smallest absolute Gasteiger partial charge is 0.229 e. The van der Waals surface area contributed by atoms with Gasteiger partial charge in [-0.05, 0) is 144 Å². The lowest BCUT2D eigenvalue weighted by Crippen LogP contribution is -2.49. The molecule has 71 heavy (non-hydrogen) atoms. The Morgan fingerprint density at radius 2 is 1.04 bits per heavy atom. The number of amides is 2. The van der Waals surface area contributed by atoms with Crippen LogP contribution in [0, 0.1) is 34.6 Å². The summed E-state index contributed by atoms with van der Waals surface area (Å²) in [5.41, 5.74) is 20.1. The van der Waals surface area contributed by atoms with Gasteiger partial charge in [-0.2, -0.15) is 15.2 Å². The number of aryl methyl sites for hydroxylation is 7. The minimum absolute atomic E-state index is 0.0920. The average molecular weight is 955 g/mol. The molecule has 8 aromatic rings. The van der Waals surface area contributed by atoms with Crippen LogP contribution in [0.5, 0.6) is 0 Å². The van der Waals surface area contributed by atoms with Crippen molar-refractivity contribution in [3.8, 4) is 0 Å². The van der Waals surface area contributed by atoms with E-state index in [-0.39, 0.29) is 22.9 Å². The second-order valence-electron chi connectivity index (χ2n) is 19.7. The monoisotopic (exact) mass is 955 g/mol. The van der Waals surface area contributed by atoms with Gasteiger partial charge in [-0.15, -0.1) is 0 Å². The van der Waals surface area contributed by atoms with Gasteiger partial charge in [0.1, 0.15) is 5.82 Å². The molecule has 2 aliphatic heterocycles. The minimum Gasteiger partial charge on any atom is -0.399 e. The van der Waals surface area contributed by atoms with Crippen molar-refractivity contribution in [1.29, 1.82) is 0 Å². The molecule has 0 aliphatic carbocycles.